The molecule has 0 radical (unpaired) electrons. The Hall–Kier alpha value is -0.260. The molecule has 0 nitrogen and oxygen atoms in total. The van der Waals surface area contributed by atoms with E-state index in [4.69, 9.17) is 0 Å². The summed E-state index contributed by atoms with van der Waals surface area (Å²) in [6, 6.07) is 0. The van der Waals surface area contributed by atoms with Crippen molar-refractivity contribution in [2.24, 2.45) is 10.8 Å². The summed E-state index contributed by atoms with van der Waals surface area (Å²) in [7, 11) is 0. The van der Waals surface area contributed by atoms with Gasteiger partial charge >= 0.3 is 0 Å². The van der Waals surface area contributed by atoms with Gasteiger partial charge in [-0.05, 0) is 30.6 Å². The van der Waals surface area contributed by atoms with E-state index in [1.54, 1.807) is 0 Å². The van der Waals surface area contributed by atoms with Gasteiger partial charge in [-0.3, -0.25) is 0 Å². The molecule has 0 aliphatic carbocycles. The highest BCUT2D eigenvalue weighted by molar-refractivity contribution is 5.03. The molecule has 0 aromatic carbocycles. The molecular weight excluding hydrogens is 144 g/mol. The fourth-order valence-electron chi connectivity index (χ4n) is 0.901. The SMILES string of the molecule is C=C(C)C(C)(C)CCC(C)(C)C. The molecule has 12 heavy (non-hydrogen) atoms. The quantitative estimate of drug-likeness (QED) is 0.547. The van der Waals surface area contributed by atoms with Crippen LogP contribution in [0.3, 0.4) is 0 Å². The maximum atomic E-state index is 4.03. The van der Waals surface area contributed by atoms with Crippen LogP contribution in [0.15, 0.2) is 12.2 Å². The first-order valence-corrected chi connectivity index (χ1v) is 4.81. The topological polar surface area (TPSA) is 0 Å². The van der Waals surface area contributed by atoms with E-state index in [0.29, 0.717) is 10.8 Å². The largest absolute Gasteiger partial charge is 0.0996 e. The van der Waals surface area contributed by atoms with Crippen molar-refractivity contribution in [2.45, 2.75) is 54.4 Å². The molecule has 0 heteroatoms. The highest BCUT2D eigenvalue weighted by Crippen LogP contribution is 2.34. The Labute approximate surface area is 78.1 Å². The Bertz CT molecular complexity index is 155. The van der Waals surface area contributed by atoms with Gasteiger partial charge in [0.15, 0.2) is 0 Å². The third-order valence-electron chi connectivity index (χ3n) is 2.66. The molecule has 0 aliphatic heterocycles. The number of allylic oxidation sites excluding steroid dienone is 1. The van der Waals surface area contributed by atoms with Gasteiger partial charge in [-0.25, -0.2) is 0 Å². The van der Waals surface area contributed by atoms with Gasteiger partial charge in [-0.2, -0.15) is 0 Å². The standard InChI is InChI=1S/C12H24/c1-10(2)12(6,7)9-8-11(3,4)5/h1,8-9H2,2-7H3. The second-order valence-electron chi connectivity index (χ2n) is 5.72. The van der Waals surface area contributed by atoms with Crippen molar-refractivity contribution >= 4 is 0 Å². The molecule has 0 bridgehead atoms. The van der Waals surface area contributed by atoms with Crippen LogP contribution in [-0.2, 0) is 0 Å². The predicted molar refractivity (Wildman–Crippen MR) is 57.3 cm³/mol. The zero-order valence-electron chi connectivity index (χ0n) is 9.62. The molecule has 0 aliphatic rings. The summed E-state index contributed by atoms with van der Waals surface area (Å²) in [6.07, 6.45) is 2.51. The van der Waals surface area contributed by atoms with E-state index in [2.05, 4.69) is 48.1 Å². The van der Waals surface area contributed by atoms with Crippen LogP contribution in [-0.4, -0.2) is 0 Å². The lowest BCUT2D eigenvalue weighted by Crippen LogP contribution is -2.16. The van der Waals surface area contributed by atoms with Gasteiger partial charge in [0, 0.05) is 0 Å². The van der Waals surface area contributed by atoms with Gasteiger partial charge in [0.2, 0.25) is 0 Å². The Morgan fingerprint density at radius 3 is 1.67 bits per heavy atom. The average molecular weight is 168 g/mol. The fraction of sp³-hybridized carbons (Fsp3) is 0.833. The Kier molecular flexibility index (Phi) is 3.56. The van der Waals surface area contributed by atoms with E-state index >= 15 is 0 Å². The van der Waals surface area contributed by atoms with Gasteiger partial charge in [0.1, 0.15) is 0 Å². The monoisotopic (exact) mass is 168 g/mol. The molecule has 0 aromatic heterocycles. The molecule has 0 saturated carbocycles. The van der Waals surface area contributed by atoms with E-state index in [1.165, 1.54) is 18.4 Å². The summed E-state index contributed by atoms with van der Waals surface area (Å²) in [5.41, 5.74) is 2.06. The summed E-state index contributed by atoms with van der Waals surface area (Å²) < 4.78 is 0. The smallest absolute Gasteiger partial charge is 0.0150 e. The maximum absolute atomic E-state index is 4.03. The van der Waals surface area contributed by atoms with Crippen molar-refractivity contribution in [3.8, 4) is 0 Å². The summed E-state index contributed by atoms with van der Waals surface area (Å²) in [5.74, 6) is 0. The van der Waals surface area contributed by atoms with Crippen LogP contribution in [0.5, 0.6) is 0 Å². The van der Waals surface area contributed by atoms with E-state index < -0.39 is 0 Å². The van der Waals surface area contributed by atoms with Crippen molar-refractivity contribution in [3.63, 3.8) is 0 Å². The third-order valence-corrected chi connectivity index (χ3v) is 2.66. The van der Waals surface area contributed by atoms with Crippen LogP contribution in [0.25, 0.3) is 0 Å². The highest BCUT2D eigenvalue weighted by Gasteiger charge is 2.21. The summed E-state index contributed by atoms with van der Waals surface area (Å²) in [6.45, 7) is 17.6. The molecule has 0 unspecified atom stereocenters. The van der Waals surface area contributed by atoms with Crippen molar-refractivity contribution in [3.05, 3.63) is 12.2 Å². The lowest BCUT2D eigenvalue weighted by atomic mass is 9.76. The van der Waals surface area contributed by atoms with Crippen LogP contribution < -0.4 is 0 Å². The number of hydrogen-bond acceptors (Lipinski definition) is 0. The second-order valence-corrected chi connectivity index (χ2v) is 5.72. The molecule has 0 aromatic rings. The summed E-state index contributed by atoms with van der Waals surface area (Å²) in [4.78, 5) is 0. The fourth-order valence-corrected chi connectivity index (χ4v) is 0.901. The minimum absolute atomic E-state index is 0.313. The van der Waals surface area contributed by atoms with E-state index in [9.17, 15) is 0 Å². The van der Waals surface area contributed by atoms with Gasteiger partial charge < -0.3 is 0 Å². The molecule has 0 fully saturated rings. The van der Waals surface area contributed by atoms with Crippen LogP contribution >= 0.6 is 0 Å². The van der Waals surface area contributed by atoms with E-state index in [-0.39, 0.29) is 0 Å². The highest BCUT2D eigenvalue weighted by atomic mass is 14.3. The second kappa shape index (κ2) is 3.64. The zero-order chi connectivity index (χ0) is 9.99. The minimum atomic E-state index is 0.313. The molecule has 0 amide bonds. The molecule has 0 N–H and O–H groups in total. The average Bonchev–Trinajstić information content (AvgIpc) is 1.82. The van der Waals surface area contributed by atoms with Crippen molar-refractivity contribution < 1.29 is 0 Å². The van der Waals surface area contributed by atoms with Crippen LogP contribution in [0.2, 0.25) is 0 Å². The Morgan fingerprint density at radius 2 is 1.42 bits per heavy atom. The van der Waals surface area contributed by atoms with Crippen molar-refractivity contribution in [2.75, 3.05) is 0 Å². The van der Waals surface area contributed by atoms with Crippen molar-refractivity contribution in [1.29, 1.82) is 0 Å². The van der Waals surface area contributed by atoms with Crippen molar-refractivity contribution in [1.82, 2.24) is 0 Å². The summed E-state index contributed by atoms with van der Waals surface area (Å²) in [5, 5.41) is 0. The predicted octanol–water partition coefficient (Wildman–Crippen LogP) is 4.42. The van der Waals surface area contributed by atoms with E-state index in [0.717, 1.165) is 0 Å². The minimum Gasteiger partial charge on any atom is -0.0996 e. The van der Waals surface area contributed by atoms with Crippen LogP contribution in [0.4, 0.5) is 0 Å². The first-order valence-electron chi connectivity index (χ1n) is 4.81. The molecule has 0 heterocycles. The molecule has 0 rings (SSSR count). The normalized spacial score (nSPS) is 13.2. The number of rotatable bonds is 3. The molecule has 0 saturated heterocycles. The van der Waals surface area contributed by atoms with E-state index in [1.807, 2.05) is 0 Å². The van der Waals surface area contributed by atoms with Gasteiger partial charge in [-0.1, -0.05) is 46.8 Å². The van der Waals surface area contributed by atoms with Gasteiger partial charge in [0.25, 0.3) is 0 Å². The van der Waals surface area contributed by atoms with Gasteiger partial charge in [0.05, 0.1) is 0 Å². The molecule has 0 atom stereocenters. The lowest BCUT2D eigenvalue weighted by Gasteiger charge is -2.29. The van der Waals surface area contributed by atoms with Crippen LogP contribution in [0, 0.1) is 10.8 Å². The Morgan fingerprint density at radius 1 is 1.00 bits per heavy atom. The maximum Gasteiger partial charge on any atom is -0.0150 e. The Balaban J connectivity index is 4.01. The first-order chi connectivity index (χ1) is 5.15. The van der Waals surface area contributed by atoms with Gasteiger partial charge in [-0.15, -0.1) is 0 Å². The molecule has 72 valence electrons. The lowest BCUT2D eigenvalue weighted by molar-refractivity contribution is 0.289. The molecular formula is C12H24. The summed E-state index contributed by atoms with van der Waals surface area (Å²) >= 11 is 0. The van der Waals surface area contributed by atoms with Crippen LogP contribution in [0.1, 0.15) is 54.4 Å². The third kappa shape index (κ3) is 4.58. The number of hydrogen-bond donors (Lipinski definition) is 0. The zero-order valence-corrected chi connectivity index (χ0v) is 9.62. The molecule has 0 spiro atoms. The first kappa shape index (κ1) is 11.7.